The van der Waals surface area contributed by atoms with Crippen LogP contribution in [-0.4, -0.2) is 20.9 Å². The molecule has 1 unspecified atom stereocenters. The van der Waals surface area contributed by atoms with Crippen LogP contribution in [0.2, 0.25) is 5.02 Å². The number of benzene rings is 2. The van der Waals surface area contributed by atoms with Gasteiger partial charge >= 0.3 is 6.18 Å². The molecule has 1 aliphatic heterocycles. The standard InChI is InChI=1S/C22H19ClF3N3O2/c23-19-9-8-18(29(30)31)13-16(19)14-28-12-2-11-27-10-1-3-20(27)21(28)15-4-6-17(7-5-15)22(24,25)26/h1,3-10,13,21H,2,11-12,14H2. The SMILES string of the molecule is O=[N+]([O-])c1ccc(Cl)c(CN2CCCn3cccc3C2c2ccc(C(F)(F)F)cc2)c1. The van der Waals surface area contributed by atoms with Gasteiger partial charge < -0.3 is 4.57 Å². The number of hydrogen-bond acceptors (Lipinski definition) is 3. The van der Waals surface area contributed by atoms with Gasteiger partial charge in [-0.2, -0.15) is 13.2 Å². The predicted octanol–water partition coefficient (Wildman–Crippen LogP) is 6.06. The Balaban J connectivity index is 1.74. The van der Waals surface area contributed by atoms with Crippen molar-refractivity contribution in [2.24, 2.45) is 0 Å². The van der Waals surface area contributed by atoms with E-state index in [1.807, 2.05) is 18.3 Å². The molecule has 2 aromatic carbocycles. The molecule has 0 radical (unpaired) electrons. The molecule has 1 aromatic heterocycles. The highest BCUT2D eigenvalue weighted by atomic mass is 35.5. The quantitative estimate of drug-likeness (QED) is 0.359. The number of non-ortho nitro benzene ring substituents is 1. The van der Waals surface area contributed by atoms with Gasteiger partial charge in [-0.25, -0.2) is 0 Å². The van der Waals surface area contributed by atoms with Crippen molar-refractivity contribution < 1.29 is 18.1 Å². The van der Waals surface area contributed by atoms with Crippen LogP contribution in [0, 0.1) is 10.1 Å². The maximum absolute atomic E-state index is 13.0. The number of fused-ring (bicyclic) bond motifs is 1. The van der Waals surface area contributed by atoms with Crippen LogP contribution < -0.4 is 0 Å². The average molecular weight is 450 g/mol. The highest BCUT2D eigenvalue weighted by Gasteiger charge is 2.32. The lowest BCUT2D eigenvalue weighted by Crippen LogP contribution is -2.29. The van der Waals surface area contributed by atoms with Crippen LogP contribution in [0.15, 0.2) is 60.8 Å². The van der Waals surface area contributed by atoms with Gasteiger partial charge in [-0.3, -0.25) is 15.0 Å². The predicted molar refractivity (Wildman–Crippen MR) is 111 cm³/mol. The van der Waals surface area contributed by atoms with E-state index in [0.29, 0.717) is 23.7 Å². The van der Waals surface area contributed by atoms with Crippen LogP contribution in [-0.2, 0) is 19.3 Å². The van der Waals surface area contributed by atoms with Crippen molar-refractivity contribution in [1.82, 2.24) is 9.47 Å². The maximum atomic E-state index is 13.0. The molecule has 0 spiro atoms. The number of aryl methyl sites for hydroxylation is 1. The smallest absolute Gasteiger partial charge is 0.350 e. The van der Waals surface area contributed by atoms with E-state index in [9.17, 15) is 23.3 Å². The summed E-state index contributed by atoms with van der Waals surface area (Å²) in [4.78, 5) is 12.8. The van der Waals surface area contributed by atoms with Crippen LogP contribution in [0.3, 0.4) is 0 Å². The van der Waals surface area contributed by atoms with Crippen molar-refractivity contribution >= 4 is 17.3 Å². The molecule has 0 saturated carbocycles. The Morgan fingerprint density at radius 2 is 1.84 bits per heavy atom. The molecule has 162 valence electrons. The van der Waals surface area contributed by atoms with Gasteiger partial charge in [0.25, 0.3) is 5.69 Å². The van der Waals surface area contributed by atoms with Crippen LogP contribution in [0.25, 0.3) is 0 Å². The first-order chi connectivity index (χ1) is 14.7. The van der Waals surface area contributed by atoms with Crippen molar-refractivity contribution in [3.05, 3.63) is 98.3 Å². The monoisotopic (exact) mass is 449 g/mol. The van der Waals surface area contributed by atoms with Crippen LogP contribution >= 0.6 is 11.6 Å². The van der Waals surface area contributed by atoms with Crippen LogP contribution in [0.1, 0.15) is 34.8 Å². The second kappa shape index (κ2) is 8.36. The second-order valence-corrected chi connectivity index (χ2v) is 7.91. The Morgan fingerprint density at radius 3 is 2.52 bits per heavy atom. The Bertz CT molecular complexity index is 1100. The molecule has 0 saturated heterocycles. The number of hydrogen-bond donors (Lipinski definition) is 0. The highest BCUT2D eigenvalue weighted by molar-refractivity contribution is 6.31. The zero-order valence-corrected chi connectivity index (χ0v) is 17.1. The Kier molecular flexibility index (Phi) is 5.77. The summed E-state index contributed by atoms with van der Waals surface area (Å²) in [6.45, 7) is 1.77. The van der Waals surface area contributed by atoms with Gasteiger partial charge in [0.1, 0.15) is 0 Å². The van der Waals surface area contributed by atoms with Gasteiger partial charge in [-0.15, -0.1) is 0 Å². The summed E-state index contributed by atoms with van der Waals surface area (Å²) < 4.78 is 41.2. The van der Waals surface area contributed by atoms with Crippen molar-refractivity contribution in [2.75, 3.05) is 6.54 Å². The van der Waals surface area contributed by atoms with Crippen LogP contribution in [0.5, 0.6) is 0 Å². The number of nitro benzene ring substituents is 1. The topological polar surface area (TPSA) is 51.3 Å². The first kappa shape index (κ1) is 21.4. The molecule has 31 heavy (non-hydrogen) atoms. The van der Waals surface area contributed by atoms with Gasteiger partial charge in [0, 0.05) is 48.7 Å². The third kappa shape index (κ3) is 4.45. The molecule has 0 bridgehead atoms. The molecule has 5 nitrogen and oxygen atoms in total. The number of aromatic nitrogens is 1. The molecule has 0 amide bonds. The summed E-state index contributed by atoms with van der Waals surface area (Å²) in [5.41, 5.74) is 1.53. The minimum atomic E-state index is -4.40. The van der Waals surface area contributed by atoms with E-state index in [0.717, 1.165) is 36.4 Å². The zero-order chi connectivity index (χ0) is 22.2. The van der Waals surface area contributed by atoms with E-state index >= 15 is 0 Å². The third-order valence-electron chi connectivity index (χ3n) is 5.52. The zero-order valence-electron chi connectivity index (χ0n) is 16.3. The lowest BCUT2D eigenvalue weighted by molar-refractivity contribution is -0.384. The molecule has 0 aliphatic carbocycles. The maximum Gasteiger partial charge on any atom is 0.416 e. The molecule has 4 rings (SSSR count). The lowest BCUT2D eigenvalue weighted by Gasteiger charge is -2.31. The van der Waals surface area contributed by atoms with E-state index in [1.54, 1.807) is 0 Å². The van der Waals surface area contributed by atoms with Gasteiger partial charge in [0.2, 0.25) is 0 Å². The summed E-state index contributed by atoms with van der Waals surface area (Å²) in [5.74, 6) is 0. The fourth-order valence-electron chi connectivity index (χ4n) is 4.06. The number of nitro groups is 1. The van der Waals surface area contributed by atoms with Gasteiger partial charge in [0.15, 0.2) is 0 Å². The molecule has 3 aromatic rings. The summed E-state index contributed by atoms with van der Waals surface area (Å²) >= 11 is 6.33. The van der Waals surface area contributed by atoms with Gasteiger partial charge in [0.05, 0.1) is 16.5 Å². The molecular weight excluding hydrogens is 431 g/mol. The van der Waals surface area contributed by atoms with Gasteiger partial charge in [-0.1, -0.05) is 23.7 Å². The molecule has 1 atom stereocenters. The lowest BCUT2D eigenvalue weighted by atomic mass is 9.99. The van der Waals surface area contributed by atoms with E-state index in [-0.39, 0.29) is 11.7 Å². The normalized spacial score (nSPS) is 17.2. The second-order valence-electron chi connectivity index (χ2n) is 7.51. The van der Waals surface area contributed by atoms with Crippen LogP contribution in [0.4, 0.5) is 18.9 Å². The molecule has 9 heteroatoms. The average Bonchev–Trinajstić information content (AvgIpc) is 3.10. The number of nitrogens with zero attached hydrogens (tertiary/aromatic N) is 3. The molecule has 1 aliphatic rings. The molecular formula is C22H19ClF3N3O2. The first-order valence-corrected chi connectivity index (χ1v) is 10.1. The Morgan fingerprint density at radius 1 is 1.10 bits per heavy atom. The van der Waals surface area contributed by atoms with E-state index in [1.165, 1.54) is 30.3 Å². The Hall–Kier alpha value is -2.84. The molecule has 2 heterocycles. The van der Waals surface area contributed by atoms with Crippen molar-refractivity contribution in [2.45, 2.75) is 31.7 Å². The highest BCUT2D eigenvalue weighted by Crippen LogP contribution is 2.36. The first-order valence-electron chi connectivity index (χ1n) is 9.73. The molecule has 0 N–H and O–H groups in total. The van der Waals surface area contributed by atoms with Gasteiger partial charge in [-0.05, 0) is 47.9 Å². The van der Waals surface area contributed by atoms with E-state index in [2.05, 4.69) is 9.47 Å². The fourth-order valence-corrected chi connectivity index (χ4v) is 4.24. The summed E-state index contributed by atoms with van der Waals surface area (Å²) in [5, 5.41) is 11.6. The van der Waals surface area contributed by atoms with Crippen molar-refractivity contribution in [3.8, 4) is 0 Å². The third-order valence-corrected chi connectivity index (χ3v) is 5.89. The summed E-state index contributed by atoms with van der Waals surface area (Å²) in [6, 6.07) is 13.0. The Labute approximate surface area is 181 Å². The number of halogens is 4. The van der Waals surface area contributed by atoms with Crippen molar-refractivity contribution in [3.63, 3.8) is 0 Å². The minimum Gasteiger partial charge on any atom is -0.350 e. The minimum absolute atomic E-state index is 0.0522. The van der Waals surface area contributed by atoms with Crippen molar-refractivity contribution in [1.29, 1.82) is 0 Å². The fraction of sp³-hybridized carbons (Fsp3) is 0.273. The molecule has 0 fully saturated rings. The van der Waals surface area contributed by atoms with E-state index < -0.39 is 16.7 Å². The largest absolute Gasteiger partial charge is 0.416 e. The number of rotatable bonds is 4. The summed E-state index contributed by atoms with van der Waals surface area (Å²) in [6.07, 6.45) is -1.62. The van der Waals surface area contributed by atoms with E-state index in [4.69, 9.17) is 11.6 Å². The number of alkyl halides is 3. The summed E-state index contributed by atoms with van der Waals surface area (Å²) in [7, 11) is 0.